The van der Waals surface area contributed by atoms with Crippen LogP contribution >= 0.6 is 0 Å². The molecule has 6 aliphatic rings. The number of hydrogen-bond donors (Lipinski definition) is 1. The maximum Gasteiger partial charge on any atom is 0.259 e. The number of aryl methyl sites for hydroxylation is 1. The lowest BCUT2D eigenvalue weighted by Gasteiger charge is -2.55. The Kier molecular flexibility index (Phi) is 10.3. The number of pyridine rings is 2. The smallest absolute Gasteiger partial charge is 0.259 e. The van der Waals surface area contributed by atoms with Crippen LogP contribution in [0.5, 0.6) is 11.5 Å². The van der Waals surface area contributed by atoms with Gasteiger partial charge in [-0.05, 0) is 112 Å². The summed E-state index contributed by atoms with van der Waals surface area (Å²) in [5, 5.41) is 3.87. The monoisotopic (exact) mass is 828 g/mol. The number of hydrogen-bond acceptors (Lipinski definition) is 11. The molecule has 4 aromatic rings. The molecule has 1 unspecified atom stereocenters. The highest BCUT2D eigenvalue weighted by Gasteiger charge is 2.46. The predicted molar refractivity (Wildman–Crippen MR) is 233 cm³/mol. The summed E-state index contributed by atoms with van der Waals surface area (Å²) in [6, 6.07) is 11.8. The summed E-state index contributed by atoms with van der Waals surface area (Å²) in [6.07, 6.45) is 10.1. The highest BCUT2D eigenvalue weighted by Crippen LogP contribution is 2.44. The molecule has 0 saturated carbocycles. The zero-order valence-electron chi connectivity index (χ0n) is 35.6. The molecule has 10 rings (SSSR count). The van der Waals surface area contributed by atoms with Crippen LogP contribution in [0.3, 0.4) is 0 Å². The fourth-order valence-electron chi connectivity index (χ4n) is 10.7. The number of nitrogens with zero attached hydrogens (tertiary/aromatic N) is 7. The van der Waals surface area contributed by atoms with E-state index in [2.05, 4.69) is 54.2 Å². The van der Waals surface area contributed by atoms with Crippen LogP contribution in [0.15, 0.2) is 53.6 Å². The normalized spacial score (nSPS) is 22.0. The molecular weight excluding hydrogens is 773 g/mol. The van der Waals surface area contributed by atoms with Gasteiger partial charge in [-0.15, -0.1) is 0 Å². The highest BCUT2D eigenvalue weighted by molar-refractivity contribution is 6.05. The summed E-state index contributed by atoms with van der Waals surface area (Å²) in [5.41, 5.74) is 5.90. The molecule has 0 bridgehead atoms. The molecule has 61 heavy (non-hydrogen) atoms. The second kappa shape index (κ2) is 15.8. The molecule has 5 fully saturated rings. The van der Waals surface area contributed by atoms with Crippen molar-refractivity contribution in [2.24, 2.45) is 18.4 Å². The van der Waals surface area contributed by atoms with Crippen LogP contribution in [0.2, 0.25) is 0 Å². The summed E-state index contributed by atoms with van der Waals surface area (Å²) < 4.78 is 13.7. The Hall–Kier alpha value is -5.47. The minimum Gasteiger partial charge on any atom is -0.496 e. The van der Waals surface area contributed by atoms with Gasteiger partial charge in [0.25, 0.3) is 11.5 Å². The van der Waals surface area contributed by atoms with Crippen LogP contribution in [0, 0.1) is 11.3 Å². The van der Waals surface area contributed by atoms with Crippen molar-refractivity contribution < 1.29 is 23.9 Å². The van der Waals surface area contributed by atoms with E-state index in [0.717, 1.165) is 135 Å². The fourth-order valence-corrected chi connectivity index (χ4v) is 10.7. The number of likely N-dealkylation sites (tertiary alicyclic amines) is 2. The molecule has 320 valence electrons. The number of rotatable bonds is 10. The van der Waals surface area contributed by atoms with Gasteiger partial charge in [0.15, 0.2) is 0 Å². The number of fused-ring (bicyclic) bond motifs is 2. The molecule has 8 heterocycles. The van der Waals surface area contributed by atoms with Gasteiger partial charge in [0, 0.05) is 99.3 Å². The first-order chi connectivity index (χ1) is 29.6. The summed E-state index contributed by atoms with van der Waals surface area (Å²) in [5.74, 6) is 2.39. The van der Waals surface area contributed by atoms with E-state index in [4.69, 9.17) is 9.47 Å². The number of aromatic nitrogens is 2. The van der Waals surface area contributed by atoms with Crippen molar-refractivity contribution in [2.75, 3.05) is 82.9 Å². The van der Waals surface area contributed by atoms with Crippen molar-refractivity contribution in [2.45, 2.75) is 64.1 Å². The van der Waals surface area contributed by atoms with E-state index in [9.17, 15) is 19.2 Å². The van der Waals surface area contributed by atoms with E-state index in [1.807, 2.05) is 18.3 Å². The van der Waals surface area contributed by atoms with Crippen LogP contribution in [0.1, 0.15) is 66.4 Å². The first kappa shape index (κ1) is 39.7. The number of carbonyl (C=O) groups is 3. The van der Waals surface area contributed by atoms with Gasteiger partial charge in [-0.3, -0.25) is 29.4 Å². The topological polar surface area (TPSA) is 133 Å². The predicted octanol–water partition coefficient (Wildman–Crippen LogP) is 4.40. The Morgan fingerprint density at radius 3 is 2.23 bits per heavy atom. The number of methoxy groups -OCH3 is 2. The van der Waals surface area contributed by atoms with E-state index in [1.165, 1.54) is 12.8 Å². The Morgan fingerprint density at radius 2 is 1.56 bits per heavy atom. The molecule has 6 aliphatic heterocycles. The summed E-state index contributed by atoms with van der Waals surface area (Å²) in [4.78, 5) is 66.8. The largest absolute Gasteiger partial charge is 0.496 e. The molecule has 1 spiro atoms. The number of piperidine rings is 3. The molecule has 2 aromatic carbocycles. The van der Waals surface area contributed by atoms with Gasteiger partial charge < -0.3 is 33.6 Å². The van der Waals surface area contributed by atoms with Crippen molar-refractivity contribution in [3.63, 3.8) is 0 Å². The lowest BCUT2D eigenvalue weighted by atomic mass is 9.71. The van der Waals surface area contributed by atoms with E-state index < -0.39 is 6.04 Å². The first-order valence-corrected chi connectivity index (χ1v) is 22.1. The van der Waals surface area contributed by atoms with E-state index in [1.54, 1.807) is 36.9 Å². The number of amides is 3. The average Bonchev–Trinajstić information content (AvgIpc) is 3.56. The van der Waals surface area contributed by atoms with Gasteiger partial charge >= 0.3 is 0 Å². The van der Waals surface area contributed by atoms with E-state index in [-0.39, 0.29) is 29.7 Å². The van der Waals surface area contributed by atoms with Crippen LogP contribution < -0.4 is 30.1 Å². The van der Waals surface area contributed by atoms with Crippen LogP contribution in [-0.4, -0.2) is 121 Å². The second-order valence-corrected chi connectivity index (χ2v) is 18.4. The van der Waals surface area contributed by atoms with E-state index in [0.29, 0.717) is 35.2 Å². The van der Waals surface area contributed by atoms with Crippen molar-refractivity contribution in [3.8, 4) is 22.6 Å². The number of ether oxygens (including phenoxy) is 2. The quantitative estimate of drug-likeness (QED) is 0.228. The van der Waals surface area contributed by atoms with Crippen molar-refractivity contribution in [3.05, 3.63) is 75.8 Å². The lowest BCUT2D eigenvalue weighted by Crippen LogP contribution is -2.60. The average molecular weight is 829 g/mol. The molecule has 1 atom stereocenters. The number of imide groups is 1. The van der Waals surface area contributed by atoms with Gasteiger partial charge in [-0.2, -0.15) is 0 Å². The fraction of sp³-hybridized carbons (Fsp3) is 0.511. The van der Waals surface area contributed by atoms with Crippen LogP contribution in [0.25, 0.3) is 21.9 Å². The zero-order chi connectivity index (χ0) is 42.0. The van der Waals surface area contributed by atoms with Crippen LogP contribution in [-0.2, 0) is 29.7 Å². The second-order valence-electron chi connectivity index (χ2n) is 18.4. The summed E-state index contributed by atoms with van der Waals surface area (Å²) >= 11 is 0. The van der Waals surface area contributed by atoms with Gasteiger partial charge in [0.1, 0.15) is 23.4 Å². The molecule has 14 heteroatoms. The highest BCUT2D eigenvalue weighted by atomic mass is 16.5. The third-order valence-electron chi connectivity index (χ3n) is 14.6. The maximum atomic E-state index is 13.4. The molecule has 0 aliphatic carbocycles. The number of nitrogens with one attached hydrogen (secondary N) is 1. The number of carbonyl (C=O) groups excluding carboxylic acids is 3. The molecule has 3 amide bonds. The Morgan fingerprint density at radius 1 is 0.820 bits per heavy atom. The van der Waals surface area contributed by atoms with Gasteiger partial charge in [-0.25, -0.2) is 4.98 Å². The van der Waals surface area contributed by atoms with E-state index >= 15 is 0 Å². The minimum atomic E-state index is -0.590. The van der Waals surface area contributed by atoms with Crippen molar-refractivity contribution >= 4 is 40.0 Å². The van der Waals surface area contributed by atoms with Gasteiger partial charge in [-0.1, -0.05) is 6.07 Å². The number of benzene rings is 2. The van der Waals surface area contributed by atoms with Crippen LogP contribution in [0.4, 0.5) is 11.5 Å². The standard InChI is InChI=1S/C47H56N8O6/c1-50-26-37(35-22-42(53-13-4-14-53)48-23-36(35)45(50)58)32-19-40(60-2)38(41(20-32)61-3)27-51-15-9-30(10-16-51)24-52-17-11-47(12-18-52)28-54(29-47)33-6-5-31-25-55(46(59)34(31)21-33)39-7-8-43(56)49-44(39)57/h5-6,19-23,26,30,39H,4,7-18,24-25,27-29H2,1-3H3,(H,49,56,57). The van der Waals surface area contributed by atoms with Gasteiger partial charge in [0.05, 0.1) is 25.2 Å². The Labute approximate surface area is 356 Å². The van der Waals surface area contributed by atoms with Crippen molar-refractivity contribution in [1.82, 2.24) is 29.6 Å². The molecule has 5 saturated heterocycles. The summed E-state index contributed by atoms with van der Waals surface area (Å²) in [6.45, 7) is 10.6. The minimum absolute atomic E-state index is 0.0639. The maximum absolute atomic E-state index is 13.4. The molecular formula is C47H56N8O6. The zero-order valence-corrected chi connectivity index (χ0v) is 35.6. The first-order valence-electron chi connectivity index (χ1n) is 22.1. The van der Waals surface area contributed by atoms with Crippen molar-refractivity contribution in [1.29, 1.82) is 0 Å². The Balaban J connectivity index is 0.727. The molecule has 0 radical (unpaired) electrons. The molecule has 14 nitrogen and oxygen atoms in total. The lowest BCUT2D eigenvalue weighted by molar-refractivity contribution is -0.136. The molecule has 2 aromatic heterocycles. The van der Waals surface area contributed by atoms with Gasteiger partial charge in [0.2, 0.25) is 11.8 Å². The third kappa shape index (κ3) is 7.30. The number of anilines is 2. The molecule has 1 N–H and O–H groups in total. The third-order valence-corrected chi connectivity index (χ3v) is 14.6. The SMILES string of the molecule is COc1cc(-c2cn(C)c(=O)c3cnc(N4CCC4)cc23)cc(OC)c1CN1CCC(CN2CCC3(CC2)CN(c2ccc4c(c2)C(=O)N(C2CCC(=O)NC2=O)C4)C3)CC1. The summed E-state index contributed by atoms with van der Waals surface area (Å²) in [7, 11) is 5.23. The Bertz CT molecular complexity index is 2430.